The van der Waals surface area contributed by atoms with E-state index in [1.807, 2.05) is 6.92 Å². The van der Waals surface area contributed by atoms with Crippen LogP contribution in [0.3, 0.4) is 0 Å². The molecule has 0 aromatic carbocycles. The molecule has 0 N–H and O–H groups in total. The molecule has 4 aliphatic rings. The topological polar surface area (TPSA) is 26.3 Å². The molecule has 0 aromatic heterocycles. The first-order chi connectivity index (χ1) is 13.8. The Labute approximate surface area is 177 Å². The summed E-state index contributed by atoms with van der Waals surface area (Å²) in [4.78, 5) is 12.3. The van der Waals surface area contributed by atoms with Crippen LogP contribution >= 0.6 is 0 Å². The summed E-state index contributed by atoms with van der Waals surface area (Å²) in [6.07, 6.45) is 15.6. The molecule has 6 atom stereocenters. The lowest BCUT2D eigenvalue weighted by Crippen LogP contribution is -2.49. The van der Waals surface area contributed by atoms with Crippen molar-refractivity contribution in [3.05, 3.63) is 35.6 Å². The summed E-state index contributed by atoms with van der Waals surface area (Å²) in [5, 5.41) is 0. The molecule has 0 amide bonds. The Balaban J connectivity index is 1.55. The van der Waals surface area contributed by atoms with Gasteiger partial charge in [0.1, 0.15) is 11.5 Å². The summed E-state index contributed by atoms with van der Waals surface area (Å²) in [5.41, 5.74) is 3.36. The van der Waals surface area contributed by atoms with Gasteiger partial charge >= 0.3 is 0 Å². The zero-order chi connectivity index (χ0) is 20.8. The first-order valence-corrected chi connectivity index (χ1v) is 12.0. The quantitative estimate of drug-likeness (QED) is 0.356. The summed E-state index contributed by atoms with van der Waals surface area (Å²) in [6.45, 7) is 14.0. The number of carbonyl (C=O) groups excluding carboxylic acids is 1. The van der Waals surface area contributed by atoms with Crippen molar-refractivity contribution < 1.29 is 9.53 Å². The molecule has 0 spiro atoms. The molecule has 2 nitrogen and oxygen atoms in total. The Morgan fingerprint density at radius 3 is 2.72 bits per heavy atom. The second-order valence-corrected chi connectivity index (χ2v) is 10.8. The van der Waals surface area contributed by atoms with Gasteiger partial charge in [-0.05, 0) is 98.0 Å². The molecule has 0 radical (unpaired) electrons. The molecule has 4 rings (SSSR count). The largest absolute Gasteiger partial charge is 0.494 e. The van der Waals surface area contributed by atoms with E-state index in [9.17, 15) is 4.79 Å². The number of hydrogen-bond donors (Lipinski definition) is 0. The number of fused-ring (bicyclic) bond motifs is 5. The van der Waals surface area contributed by atoms with Crippen LogP contribution in [-0.4, -0.2) is 12.4 Å². The minimum absolute atomic E-state index is 0.242. The highest BCUT2D eigenvalue weighted by Gasteiger charge is 2.58. The molecule has 0 aliphatic heterocycles. The van der Waals surface area contributed by atoms with Gasteiger partial charge in [-0.15, -0.1) is 0 Å². The van der Waals surface area contributed by atoms with Crippen LogP contribution in [0.15, 0.2) is 35.6 Å². The molecule has 0 heterocycles. The van der Waals surface area contributed by atoms with E-state index in [1.54, 1.807) is 0 Å². The molecule has 4 aliphatic carbocycles. The van der Waals surface area contributed by atoms with Crippen molar-refractivity contribution in [2.24, 2.45) is 34.5 Å². The average Bonchev–Trinajstić information content (AvgIpc) is 3.05. The zero-order valence-corrected chi connectivity index (χ0v) is 19.1. The van der Waals surface area contributed by atoms with E-state index < -0.39 is 0 Å². The highest BCUT2D eigenvalue weighted by Crippen LogP contribution is 2.66. The van der Waals surface area contributed by atoms with Gasteiger partial charge in [-0.25, -0.2) is 0 Å². The van der Waals surface area contributed by atoms with E-state index in [1.165, 1.54) is 43.3 Å². The highest BCUT2D eigenvalue weighted by atomic mass is 16.5. The predicted octanol–water partition coefficient (Wildman–Crippen LogP) is 7.02. The van der Waals surface area contributed by atoms with Crippen molar-refractivity contribution in [1.82, 2.24) is 0 Å². The molecular formula is C27H40O2. The highest BCUT2D eigenvalue weighted by molar-refractivity contribution is 5.79. The third kappa shape index (κ3) is 3.35. The third-order valence-electron chi connectivity index (χ3n) is 9.39. The molecule has 160 valence electrons. The van der Waals surface area contributed by atoms with Crippen LogP contribution < -0.4 is 0 Å². The van der Waals surface area contributed by atoms with Gasteiger partial charge in [0.25, 0.3) is 0 Å². The SMILES string of the molecule is C=C(OCCCC)C1=CC2=CC[C@H]3[C@@H]4CC[C@H](C(C)=O)[C@@]4(C)CC[C@@H]3[C@@]2(C)CC1. The minimum Gasteiger partial charge on any atom is -0.494 e. The summed E-state index contributed by atoms with van der Waals surface area (Å²) in [6, 6.07) is 0. The fourth-order valence-corrected chi connectivity index (χ4v) is 7.65. The standard InChI is InChI=1S/C27H40O2/c1-6-7-16-29-19(3)20-12-14-26(4)21(17-20)8-9-22-24-11-10-23(18(2)28)27(24,5)15-13-25(22)26/h8,17,22-25H,3,6-7,9-16H2,1-2,4-5H3/t22-,23+,24-,25-,26-,27+/m0/s1. The fourth-order valence-electron chi connectivity index (χ4n) is 7.65. The number of rotatable bonds is 6. The molecule has 0 unspecified atom stereocenters. The lowest BCUT2D eigenvalue weighted by atomic mass is 9.47. The number of unbranched alkanes of at least 4 members (excludes halogenated alkanes) is 1. The van der Waals surface area contributed by atoms with Crippen molar-refractivity contribution in [2.75, 3.05) is 6.61 Å². The van der Waals surface area contributed by atoms with Crippen LogP contribution in [0.25, 0.3) is 0 Å². The number of ether oxygens (including phenoxy) is 1. The van der Waals surface area contributed by atoms with Gasteiger partial charge in [-0.3, -0.25) is 4.79 Å². The van der Waals surface area contributed by atoms with Gasteiger partial charge in [0.15, 0.2) is 0 Å². The second kappa shape index (κ2) is 7.75. The molecular weight excluding hydrogens is 356 g/mol. The van der Waals surface area contributed by atoms with E-state index in [4.69, 9.17) is 4.74 Å². The monoisotopic (exact) mass is 396 g/mol. The van der Waals surface area contributed by atoms with Gasteiger partial charge in [0.2, 0.25) is 0 Å². The Morgan fingerprint density at radius 2 is 2.00 bits per heavy atom. The lowest BCUT2D eigenvalue weighted by molar-refractivity contribution is -0.127. The van der Waals surface area contributed by atoms with E-state index in [0.29, 0.717) is 11.7 Å². The molecule has 29 heavy (non-hydrogen) atoms. The smallest absolute Gasteiger partial charge is 0.133 e. The van der Waals surface area contributed by atoms with Gasteiger partial charge in [0, 0.05) is 5.92 Å². The van der Waals surface area contributed by atoms with Crippen LogP contribution in [0.4, 0.5) is 0 Å². The Hall–Kier alpha value is -1.31. The average molecular weight is 397 g/mol. The molecule has 0 aromatic rings. The normalized spacial score (nSPS) is 40.8. The van der Waals surface area contributed by atoms with E-state index in [0.717, 1.165) is 55.8 Å². The summed E-state index contributed by atoms with van der Waals surface area (Å²) >= 11 is 0. The summed E-state index contributed by atoms with van der Waals surface area (Å²) in [5.74, 6) is 3.86. The van der Waals surface area contributed by atoms with Gasteiger partial charge in [-0.2, -0.15) is 0 Å². The van der Waals surface area contributed by atoms with Crippen LogP contribution in [-0.2, 0) is 9.53 Å². The molecule has 2 fully saturated rings. The van der Waals surface area contributed by atoms with Crippen LogP contribution in [0.1, 0.15) is 85.5 Å². The number of hydrogen-bond acceptors (Lipinski definition) is 2. The maximum absolute atomic E-state index is 12.3. The number of Topliss-reactive ketones (excluding diaryl/α,β-unsaturated/α-hetero) is 1. The van der Waals surface area contributed by atoms with Crippen LogP contribution in [0, 0.1) is 34.5 Å². The van der Waals surface area contributed by atoms with Gasteiger partial charge in [-0.1, -0.05) is 45.9 Å². The molecule has 0 bridgehead atoms. The Morgan fingerprint density at radius 1 is 1.21 bits per heavy atom. The first-order valence-electron chi connectivity index (χ1n) is 12.0. The van der Waals surface area contributed by atoms with E-state index >= 15 is 0 Å². The van der Waals surface area contributed by atoms with Crippen LogP contribution in [0.2, 0.25) is 0 Å². The summed E-state index contributed by atoms with van der Waals surface area (Å²) < 4.78 is 5.92. The van der Waals surface area contributed by atoms with Gasteiger partial charge < -0.3 is 4.74 Å². The van der Waals surface area contributed by atoms with E-state index in [2.05, 4.69) is 39.5 Å². The third-order valence-corrected chi connectivity index (χ3v) is 9.39. The predicted molar refractivity (Wildman–Crippen MR) is 119 cm³/mol. The van der Waals surface area contributed by atoms with E-state index in [-0.39, 0.29) is 10.8 Å². The van der Waals surface area contributed by atoms with Gasteiger partial charge in [0.05, 0.1) is 6.61 Å². The second-order valence-electron chi connectivity index (χ2n) is 10.8. The van der Waals surface area contributed by atoms with Crippen molar-refractivity contribution in [2.45, 2.75) is 85.5 Å². The fraction of sp³-hybridized carbons (Fsp3) is 0.741. The zero-order valence-electron chi connectivity index (χ0n) is 19.1. The maximum Gasteiger partial charge on any atom is 0.133 e. The van der Waals surface area contributed by atoms with Crippen molar-refractivity contribution in [3.63, 3.8) is 0 Å². The van der Waals surface area contributed by atoms with Crippen molar-refractivity contribution in [1.29, 1.82) is 0 Å². The summed E-state index contributed by atoms with van der Waals surface area (Å²) in [7, 11) is 0. The van der Waals surface area contributed by atoms with Crippen molar-refractivity contribution in [3.8, 4) is 0 Å². The lowest BCUT2D eigenvalue weighted by Gasteiger charge is -2.57. The maximum atomic E-state index is 12.3. The molecule has 0 saturated heterocycles. The first kappa shape index (κ1) is 20.9. The van der Waals surface area contributed by atoms with Crippen molar-refractivity contribution >= 4 is 5.78 Å². The Bertz CT molecular complexity index is 744. The Kier molecular flexibility index (Phi) is 5.59. The minimum atomic E-state index is 0.242. The number of allylic oxidation sites excluding steroid dienone is 4. The molecule has 2 saturated carbocycles. The number of ketones is 1. The van der Waals surface area contributed by atoms with Crippen LogP contribution in [0.5, 0.6) is 0 Å². The molecule has 2 heteroatoms. The number of carbonyl (C=O) groups is 1.